The second-order valence-corrected chi connectivity index (χ2v) is 8.06. The number of rotatable bonds is 4. The Labute approximate surface area is 189 Å². The number of H-pyrrole nitrogens is 1. The van der Waals surface area contributed by atoms with Crippen LogP contribution >= 0.6 is 0 Å². The van der Waals surface area contributed by atoms with Crippen molar-refractivity contribution >= 4 is 22.3 Å². The molecule has 0 fully saturated rings. The number of nitrogens with one attached hydrogen (secondary N) is 1. The Balaban J connectivity index is 1.43. The number of carbonyl (C=O) groups is 1. The van der Waals surface area contributed by atoms with Crippen molar-refractivity contribution in [1.29, 1.82) is 0 Å². The normalized spacial score (nSPS) is 15.8. The molecule has 0 unspecified atom stereocenters. The smallest absolute Gasteiger partial charge is 0.258 e. The fourth-order valence-electron chi connectivity index (χ4n) is 4.47. The number of pyridine rings is 1. The third kappa shape index (κ3) is 3.25. The van der Waals surface area contributed by atoms with E-state index in [2.05, 4.69) is 20.1 Å². The fraction of sp³-hybridized carbons (Fsp3) is 0.208. The molecule has 0 bridgehead atoms. The number of carbonyl (C=O) groups excluding carboxylic acids is 1. The van der Waals surface area contributed by atoms with E-state index in [1.54, 1.807) is 35.2 Å². The molecule has 1 N–H and O–H groups in total. The van der Waals surface area contributed by atoms with Crippen LogP contribution in [0.3, 0.4) is 0 Å². The first-order valence-electron chi connectivity index (χ1n) is 10.7. The van der Waals surface area contributed by atoms with Crippen molar-refractivity contribution in [3.05, 3.63) is 89.7 Å². The molecule has 0 radical (unpaired) electrons. The molecule has 9 nitrogen and oxygen atoms in total. The summed E-state index contributed by atoms with van der Waals surface area (Å²) in [6, 6.07) is 11.2. The molecule has 4 aromatic heterocycles. The first kappa shape index (κ1) is 19.6. The van der Waals surface area contributed by atoms with Gasteiger partial charge in [-0.05, 0) is 17.7 Å². The van der Waals surface area contributed by atoms with Gasteiger partial charge in [-0.15, -0.1) is 0 Å². The zero-order valence-electron chi connectivity index (χ0n) is 18.0. The van der Waals surface area contributed by atoms with Crippen molar-refractivity contribution in [3.63, 3.8) is 0 Å². The predicted octanol–water partition coefficient (Wildman–Crippen LogP) is 2.93. The lowest BCUT2D eigenvalue weighted by Crippen LogP contribution is -2.41. The van der Waals surface area contributed by atoms with Crippen LogP contribution in [0.2, 0.25) is 0 Å². The molecule has 0 saturated heterocycles. The molecule has 1 aromatic carbocycles. The summed E-state index contributed by atoms with van der Waals surface area (Å²) in [5, 5.41) is 5.36. The van der Waals surface area contributed by atoms with Crippen molar-refractivity contribution in [2.75, 3.05) is 13.7 Å². The van der Waals surface area contributed by atoms with Gasteiger partial charge in [-0.2, -0.15) is 5.10 Å². The zero-order chi connectivity index (χ0) is 22.4. The molecule has 33 heavy (non-hydrogen) atoms. The molecule has 0 saturated carbocycles. The third-order valence-electron chi connectivity index (χ3n) is 6.06. The van der Waals surface area contributed by atoms with E-state index in [1.165, 1.54) is 0 Å². The largest absolute Gasteiger partial charge is 0.380 e. The minimum Gasteiger partial charge on any atom is -0.380 e. The van der Waals surface area contributed by atoms with E-state index in [0.717, 1.165) is 33.4 Å². The average Bonchev–Trinajstić information content (AvgIpc) is 3.50. The Morgan fingerprint density at radius 3 is 3.00 bits per heavy atom. The summed E-state index contributed by atoms with van der Waals surface area (Å²) in [5.74, 6) is 0.425. The highest BCUT2D eigenvalue weighted by Crippen LogP contribution is 2.33. The van der Waals surface area contributed by atoms with Crippen LogP contribution in [0.1, 0.15) is 39.2 Å². The number of imidazole rings is 1. The Kier molecular flexibility index (Phi) is 4.62. The van der Waals surface area contributed by atoms with Crippen molar-refractivity contribution in [2.45, 2.75) is 19.1 Å². The molecule has 0 aliphatic carbocycles. The zero-order valence-corrected chi connectivity index (χ0v) is 18.0. The van der Waals surface area contributed by atoms with Gasteiger partial charge in [0.15, 0.2) is 5.82 Å². The Bertz CT molecular complexity index is 1490. The monoisotopic (exact) mass is 439 g/mol. The Morgan fingerprint density at radius 1 is 1.18 bits per heavy atom. The van der Waals surface area contributed by atoms with E-state index in [0.29, 0.717) is 31.0 Å². The lowest BCUT2D eigenvalue weighted by molar-refractivity contribution is 0.0685. The SMILES string of the molecule is COCc1ccc2c(C(=O)N3CCc4[nH]cnc4[C@H]3c3ncc4ccccc4n3)cnn2c1. The number of aromatic amines is 1. The lowest BCUT2D eigenvalue weighted by atomic mass is 10.0. The van der Waals surface area contributed by atoms with Crippen LogP contribution in [-0.2, 0) is 17.8 Å². The standard InChI is InChI=1S/C24H21N7O2/c1-33-13-15-6-7-20-17(11-28-31(20)12-15)24(32)30-9-8-19-21(27-14-26-19)22(30)23-25-10-16-4-2-3-5-18(16)29-23/h2-7,10-12,14,22H,8-9,13H2,1H3,(H,26,27)/t22-/m0/s1. The van der Waals surface area contributed by atoms with Crippen LogP contribution in [-0.4, -0.2) is 54.0 Å². The summed E-state index contributed by atoms with van der Waals surface area (Å²) >= 11 is 0. The second-order valence-electron chi connectivity index (χ2n) is 8.06. The molecule has 6 rings (SSSR count). The van der Waals surface area contributed by atoms with Crippen LogP contribution in [0.25, 0.3) is 16.4 Å². The van der Waals surface area contributed by atoms with Gasteiger partial charge >= 0.3 is 0 Å². The predicted molar refractivity (Wildman–Crippen MR) is 121 cm³/mol. The summed E-state index contributed by atoms with van der Waals surface area (Å²) < 4.78 is 6.92. The maximum absolute atomic E-state index is 13.8. The van der Waals surface area contributed by atoms with E-state index < -0.39 is 6.04 Å². The minimum atomic E-state index is -0.486. The molecule has 164 valence electrons. The topological polar surface area (TPSA) is 101 Å². The van der Waals surface area contributed by atoms with Crippen molar-refractivity contribution < 1.29 is 9.53 Å². The first-order valence-corrected chi connectivity index (χ1v) is 10.7. The van der Waals surface area contributed by atoms with Crippen LogP contribution in [0.5, 0.6) is 0 Å². The molecule has 1 atom stereocenters. The molecule has 5 aromatic rings. The summed E-state index contributed by atoms with van der Waals surface area (Å²) in [4.78, 5) is 32.8. The Hall–Kier alpha value is -4.11. The number of hydrogen-bond donors (Lipinski definition) is 1. The number of fused-ring (bicyclic) bond motifs is 3. The minimum absolute atomic E-state index is 0.125. The van der Waals surface area contributed by atoms with Gasteiger partial charge in [-0.25, -0.2) is 19.5 Å². The number of methoxy groups -OCH3 is 1. The first-order chi connectivity index (χ1) is 16.2. The van der Waals surface area contributed by atoms with Gasteiger partial charge in [-0.1, -0.05) is 24.3 Å². The van der Waals surface area contributed by atoms with Gasteiger partial charge < -0.3 is 14.6 Å². The lowest BCUT2D eigenvalue weighted by Gasteiger charge is -2.33. The van der Waals surface area contributed by atoms with E-state index in [1.807, 2.05) is 42.6 Å². The van der Waals surface area contributed by atoms with Crippen LogP contribution in [0.4, 0.5) is 0 Å². The van der Waals surface area contributed by atoms with Crippen LogP contribution < -0.4 is 0 Å². The van der Waals surface area contributed by atoms with E-state index in [4.69, 9.17) is 9.72 Å². The van der Waals surface area contributed by atoms with Gasteiger partial charge in [0.1, 0.15) is 6.04 Å². The van der Waals surface area contributed by atoms with Gasteiger partial charge in [0.05, 0.1) is 41.4 Å². The van der Waals surface area contributed by atoms with Gasteiger partial charge in [0.25, 0.3) is 5.91 Å². The summed E-state index contributed by atoms with van der Waals surface area (Å²) in [7, 11) is 1.65. The van der Waals surface area contributed by atoms with Crippen molar-refractivity contribution in [2.24, 2.45) is 0 Å². The average molecular weight is 439 g/mol. The number of para-hydroxylation sites is 1. The van der Waals surface area contributed by atoms with Gasteiger partial charge in [-0.3, -0.25) is 4.79 Å². The summed E-state index contributed by atoms with van der Waals surface area (Å²) in [6.45, 7) is 1.00. The highest BCUT2D eigenvalue weighted by Gasteiger charge is 2.37. The van der Waals surface area contributed by atoms with Crippen molar-refractivity contribution in [3.8, 4) is 0 Å². The van der Waals surface area contributed by atoms with Crippen molar-refractivity contribution in [1.82, 2.24) is 34.4 Å². The van der Waals surface area contributed by atoms with E-state index in [-0.39, 0.29) is 5.91 Å². The number of ether oxygens (including phenoxy) is 1. The number of benzene rings is 1. The second kappa shape index (κ2) is 7.79. The van der Waals surface area contributed by atoms with E-state index >= 15 is 0 Å². The number of aromatic nitrogens is 6. The fourth-order valence-corrected chi connectivity index (χ4v) is 4.47. The van der Waals surface area contributed by atoms with Gasteiger partial charge in [0, 0.05) is 43.5 Å². The number of amides is 1. The van der Waals surface area contributed by atoms with E-state index in [9.17, 15) is 4.79 Å². The molecule has 1 amide bonds. The third-order valence-corrected chi connectivity index (χ3v) is 6.06. The van der Waals surface area contributed by atoms with Gasteiger partial charge in [0.2, 0.25) is 0 Å². The summed E-state index contributed by atoms with van der Waals surface area (Å²) in [6.07, 6.45) is 7.64. The maximum Gasteiger partial charge on any atom is 0.258 e. The molecular formula is C24H21N7O2. The highest BCUT2D eigenvalue weighted by molar-refractivity contribution is 6.01. The quantitative estimate of drug-likeness (QED) is 0.462. The number of nitrogens with zero attached hydrogens (tertiary/aromatic N) is 6. The number of hydrogen-bond acceptors (Lipinski definition) is 6. The highest BCUT2D eigenvalue weighted by atomic mass is 16.5. The molecule has 1 aliphatic heterocycles. The molecule has 1 aliphatic rings. The molecule has 5 heterocycles. The molecular weight excluding hydrogens is 418 g/mol. The maximum atomic E-state index is 13.8. The van der Waals surface area contributed by atoms with Crippen LogP contribution in [0.15, 0.2) is 61.3 Å². The molecule has 9 heteroatoms. The Morgan fingerprint density at radius 2 is 2.09 bits per heavy atom. The summed E-state index contributed by atoms with van der Waals surface area (Å²) in [5.41, 5.74) is 4.87. The van der Waals surface area contributed by atoms with Crippen LogP contribution in [0, 0.1) is 0 Å². The molecule has 0 spiro atoms.